The molecular weight excluding hydrogens is 392 g/mol. The lowest BCUT2D eigenvalue weighted by Gasteiger charge is -2.20. The molecular formula is C23H19ClO3S. The Morgan fingerprint density at radius 1 is 0.893 bits per heavy atom. The van der Waals surface area contributed by atoms with Crippen LogP contribution in [0.4, 0.5) is 0 Å². The third-order valence-electron chi connectivity index (χ3n) is 4.96. The van der Waals surface area contributed by atoms with Gasteiger partial charge in [0.1, 0.15) is 0 Å². The molecule has 5 heteroatoms. The molecule has 0 saturated heterocycles. The van der Waals surface area contributed by atoms with Crippen LogP contribution in [-0.2, 0) is 14.3 Å². The molecule has 3 aromatic rings. The van der Waals surface area contributed by atoms with Gasteiger partial charge in [-0.15, -0.1) is 0 Å². The van der Waals surface area contributed by atoms with Crippen LogP contribution in [0.25, 0.3) is 12.2 Å². The van der Waals surface area contributed by atoms with E-state index in [1.165, 1.54) is 0 Å². The van der Waals surface area contributed by atoms with Gasteiger partial charge in [-0.3, -0.25) is 4.18 Å². The van der Waals surface area contributed by atoms with Crippen LogP contribution in [0.5, 0.6) is 0 Å². The minimum atomic E-state index is -3.86. The molecule has 1 atom stereocenters. The molecule has 0 amide bonds. The van der Waals surface area contributed by atoms with Gasteiger partial charge in [0.25, 0.3) is 10.1 Å². The first-order chi connectivity index (χ1) is 13.5. The molecule has 142 valence electrons. The SMILES string of the molecule is Cc1ccc(S(=O)(=O)OCC2c3ccccc3C=Cc3c(Cl)cccc32)cc1. The van der Waals surface area contributed by atoms with Gasteiger partial charge in [0, 0.05) is 10.9 Å². The van der Waals surface area contributed by atoms with Crippen molar-refractivity contribution in [1.29, 1.82) is 0 Å². The van der Waals surface area contributed by atoms with Crippen molar-refractivity contribution in [2.75, 3.05) is 6.61 Å². The number of benzene rings is 3. The summed E-state index contributed by atoms with van der Waals surface area (Å²) in [5, 5.41) is 0.632. The highest BCUT2D eigenvalue weighted by atomic mass is 35.5. The van der Waals surface area contributed by atoms with Gasteiger partial charge in [0.2, 0.25) is 0 Å². The molecule has 4 rings (SSSR count). The van der Waals surface area contributed by atoms with E-state index in [9.17, 15) is 8.42 Å². The first-order valence-corrected chi connectivity index (χ1v) is 10.8. The zero-order valence-electron chi connectivity index (χ0n) is 15.3. The second-order valence-corrected chi connectivity index (χ2v) is 8.83. The normalized spacial score (nSPS) is 15.6. The van der Waals surface area contributed by atoms with Crippen molar-refractivity contribution in [2.24, 2.45) is 0 Å². The fourth-order valence-electron chi connectivity index (χ4n) is 3.46. The molecule has 0 fully saturated rings. The third-order valence-corrected chi connectivity index (χ3v) is 6.59. The smallest absolute Gasteiger partial charge is 0.265 e. The van der Waals surface area contributed by atoms with Crippen LogP contribution in [0.15, 0.2) is 71.6 Å². The Bertz CT molecular complexity index is 1150. The predicted octanol–water partition coefficient (Wildman–Crippen LogP) is 5.67. The number of hydrogen-bond donors (Lipinski definition) is 0. The van der Waals surface area contributed by atoms with Crippen LogP contribution >= 0.6 is 11.6 Å². The Morgan fingerprint density at radius 3 is 2.39 bits per heavy atom. The molecule has 1 aliphatic rings. The van der Waals surface area contributed by atoms with E-state index in [-0.39, 0.29) is 17.4 Å². The maximum absolute atomic E-state index is 12.7. The van der Waals surface area contributed by atoms with Gasteiger partial charge in [-0.05, 0) is 47.4 Å². The topological polar surface area (TPSA) is 43.4 Å². The molecule has 0 radical (unpaired) electrons. The fourth-order valence-corrected chi connectivity index (χ4v) is 4.63. The van der Waals surface area contributed by atoms with E-state index in [1.54, 1.807) is 24.3 Å². The van der Waals surface area contributed by atoms with Crippen molar-refractivity contribution in [3.05, 3.63) is 99.6 Å². The maximum atomic E-state index is 12.7. The molecule has 0 spiro atoms. The fraction of sp³-hybridized carbons (Fsp3) is 0.130. The first kappa shape index (κ1) is 18.9. The van der Waals surface area contributed by atoms with Gasteiger partial charge < -0.3 is 0 Å². The first-order valence-electron chi connectivity index (χ1n) is 8.97. The molecule has 3 nitrogen and oxygen atoms in total. The highest BCUT2D eigenvalue weighted by molar-refractivity contribution is 7.86. The quantitative estimate of drug-likeness (QED) is 0.520. The maximum Gasteiger partial charge on any atom is 0.297 e. The molecule has 0 bridgehead atoms. The summed E-state index contributed by atoms with van der Waals surface area (Å²) in [6.45, 7) is 1.91. The van der Waals surface area contributed by atoms with Crippen LogP contribution in [0.2, 0.25) is 5.02 Å². The van der Waals surface area contributed by atoms with E-state index in [4.69, 9.17) is 15.8 Å². The lowest BCUT2D eigenvalue weighted by atomic mass is 9.88. The van der Waals surface area contributed by atoms with Gasteiger partial charge in [0.05, 0.1) is 11.5 Å². The zero-order valence-corrected chi connectivity index (χ0v) is 16.9. The Kier molecular flexibility index (Phi) is 5.11. The van der Waals surface area contributed by atoms with Crippen LogP contribution in [0.1, 0.15) is 33.7 Å². The van der Waals surface area contributed by atoms with Crippen LogP contribution in [0.3, 0.4) is 0 Å². The molecule has 0 aliphatic heterocycles. The molecule has 0 aromatic heterocycles. The Hall–Kier alpha value is -2.40. The van der Waals surface area contributed by atoms with Crippen molar-refractivity contribution in [3.8, 4) is 0 Å². The van der Waals surface area contributed by atoms with Crippen molar-refractivity contribution in [1.82, 2.24) is 0 Å². The van der Waals surface area contributed by atoms with Gasteiger partial charge >= 0.3 is 0 Å². The molecule has 28 heavy (non-hydrogen) atoms. The lowest BCUT2D eigenvalue weighted by molar-refractivity contribution is 0.305. The Labute approximate surface area is 170 Å². The Morgan fingerprint density at radius 2 is 1.61 bits per heavy atom. The average molecular weight is 411 g/mol. The van der Waals surface area contributed by atoms with Crippen LogP contribution in [-0.4, -0.2) is 15.0 Å². The monoisotopic (exact) mass is 410 g/mol. The molecule has 0 heterocycles. The van der Waals surface area contributed by atoms with E-state index in [2.05, 4.69) is 0 Å². The zero-order chi connectivity index (χ0) is 19.7. The van der Waals surface area contributed by atoms with Gasteiger partial charge in [-0.1, -0.05) is 77.8 Å². The predicted molar refractivity (Wildman–Crippen MR) is 113 cm³/mol. The molecule has 3 aromatic carbocycles. The molecule has 1 aliphatic carbocycles. The molecule has 0 N–H and O–H groups in total. The summed E-state index contributed by atoms with van der Waals surface area (Å²) in [6.07, 6.45) is 3.99. The lowest BCUT2D eigenvalue weighted by Crippen LogP contribution is -2.16. The van der Waals surface area contributed by atoms with E-state index >= 15 is 0 Å². The number of halogens is 1. The second-order valence-electron chi connectivity index (χ2n) is 6.81. The Balaban J connectivity index is 1.72. The number of rotatable bonds is 4. The van der Waals surface area contributed by atoms with Crippen LogP contribution < -0.4 is 0 Å². The second kappa shape index (κ2) is 7.55. The molecule has 1 unspecified atom stereocenters. The summed E-state index contributed by atoms with van der Waals surface area (Å²) >= 11 is 6.41. The average Bonchev–Trinajstić information content (AvgIpc) is 2.84. The van der Waals surface area contributed by atoms with E-state index in [0.717, 1.165) is 27.8 Å². The largest absolute Gasteiger partial charge is 0.297 e. The minimum Gasteiger partial charge on any atom is -0.265 e. The van der Waals surface area contributed by atoms with E-state index in [1.807, 2.05) is 61.5 Å². The summed E-state index contributed by atoms with van der Waals surface area (Å²) < 4.78 is 30.9. The van der Waals surface area contributed by atoms with Gasteiger partial charge in [0.15, 0.2) is 0 Å². The summed E-state index contributed by atoms with van der Waals surface area (Å²) in [4.78, 5) is 0.157. The highest BCUT2D eigenvalue weighted by Gasteiger charge is 2.26. The molecule has 0 saturated carbocycles. The van der Waals surface area contributed by atoms with E-state index in [0.29, 0.717) is 5.02 Å². The van der Waals surface area contributed by atoms with Crippen molar-refractivity contribution in [2.45, 2.75) is 17.7 Å². The van der Waals surface area contributed by atoms with Crippen molar-refractivity contribution < 1.29 is 12.6 Å². The summed E-state index contributed by atoms with van der Waals surface area (Å²) in [5.41, 5.74) is 4.87. The third kappa shape index (κ3) is 3.63. The van der Waals surface area contributed by atoms with Crippen molar-refractivity contribution in [3.63, 3.8) is 0 Å². The van der Waals surface area contributed by atoms with Gasteiger partial charge in [-0.2, -0.15) is 8.42 Å². The van der Waals surface area contributed by atoms with E-state index < -0.39 is 10.1 Å². The number of aryl methyl sites for hydroxylation is 1. The van der Waals surface area contributed by atoms with Crippen LogP contribution in [0, 0.1) is 6.92 Å². The summed E-state index contributed by atoms with van der Waals surface area (Å²) in [6, 6.07) is 20.3. The minimum absolute atomic E-state index is 0.00223. The van der Waals surface area contributed by atoms with Gasteiger partial charge in [-0.25, -0.2) is 0 Å². The number of hydrogen-bond acceptors (Lipinski definition) is 3. The summed E-state index contributed by atoms with van der Waals surface area (Å²) in [7, 11) is -3.86. The van der Waals surface area contributed by atoms with Crippen molar-refractivity contribution >= 4 is 33.9 Å². The number of fused-ring (bicyclic) bond motifs is 2. The summed E-state index contributed by atoms with van der Waals surface area (Å²) in [5.74, 6) is -0.250. The standard InChI is InChI=1S/C23H19ClO3S/c1-16-9-12-18(13-10-16)28(25,26)27-15-22-19-6-3-2-5-17(19)11-14-21-20(22)7-4-8-23(21)24/h2-14,22H,15H2,1H3. The highest BCUT2D eigenvalue weighted by Crippen LogP contribution is 2.37.